The number of fused-ring (bicyclic) bond motifs is 1. The van der Waals surface area contributed by atoms with E-state index in [4.69, 9.17) is 9.84 Å². The summed E-state index contributed by atoms with van der Waals surface area (Å²) in [5.74, 6) is -0.426. The molecule has 4 nitrogen and oxygen atoms in total. The molecule has 4 rings (SSSR count). The number of benzene rings is 2. The molecule has 2 aromatic carbocycles. The molecule has 178 valence electrons. The molecule has 1 aliphatic carbocycles. The van der Waals surface area contributed by atoms with Gasteiger partial charge in [-0.1, -0.05) is 54.6 Å². The lowest BCUT2D eigenvalue weighted by molar-refractivity contribution is -0.139. The first-order chi connectivity index (χ1) is 16.3. The van der Waals surface area contributed by atoms with Gasteiger partial charge in [0.15, 0.2) is 6.61 Å². The van der Waals surface area contributed by atoms with E-state index in [-0.39, 0.29) is 13.0 Å². The second-order valence-corrected chi connectivity index (χ2v) is 8.50. The summed E-state index contributed by atoms with van der Waals surface area (Å²) in [5, 5.41) is 8.79. The highest BCUT2D eigenvalue weighted by Crippen LogP contribution is 2.31. The summed E-state index contributed by atoms with van der Waals surface area (Å²) >= 11 is 0. The number of hydrogen-bond donors (Lipinski definition) is 1. The van der Waals surface area contributed by atoms with Crippen LogP contribution >= 0.6 is 0 Å². The van der Waals surface area contributed by atoms with Gasteiger partial charge in [0.1, 0.15) is 5.75 Å². The van der Waals surface area contributed by atoms with Crippen molar-refractivity contribution in [1.82, 2.24) is 4.90 Å². The van der Waals surface area contributed by atoms with E-state index in [9.17, 15) is 18.0 Å². The number of ether oxygens (including phenoxy) is 1. The van der Waals surface area contributed by atoms with Gasteiger partial charge in [0.05, 0.1) is 0 Å². The minimum Gasteiger partial charge on any atom is -0.482 e. The zero-order valence-electron chi connectivity index (χ0n) is 18.6. The third kappa shape index (κ3) is 6.17. The zero-order valence-corrected chi connectivity index (χ0v) is 18.6. The van der Waals surface area contributed by atoms with Crippen LogP contribution in [0.2, 0.25) is 0 Å². The van der Waals surface area contributed by atoms with Crippen LogP contribution in [0.15, 0.2) is 72.3 Å². The van der Waals surface area contributed by atoms with E-state index in [1.165, 1.54) is 17.2 Å². The molecule has 0 spiro atoms. The lowest BCUT2D eigenvalue weighted by Gasteiger charge is -2.20. The number of halogens is 3. The largest absolute Gasteiger partial charge is 0.482 e. The molecule has 2 aliphatic rings. The molecule has 34 heavy (non-hydrogen) atoms. The molecule has 7 heteroatoms. The maximum absolute atomic E-state index is 13.0. The number of nitrogens with zero attached hydrogens (tertiary/aromatic N) is 1. The van der Waals surface area contributed by atoms with E-state index in [2.05, 4.69) is 4.90 Å². The van der Waals surface area contributed by atoms with Crippen molar-refractivity contribution in [3.63, 3.8) is 0 Å². The number of hydrogen-bond acceptors (Lipinski definition) is 3. The molecule has 0 aromatic heterocycles. The highest BCUT2D eigenvalue weighted by molar-refractivity contribution is 5.76. The normalized spacial score (nSPS) is 16.7. The molecule has 1 N–H and O–H groups in total. The van der Waals surface area contributed by atoms with E-state index in [1.54, 1.807) is 12.2 Å². The second kappa shape index (κ2) is 10.3. The summed E-state index contributed by atoms with van der Waals surface area (Å²) in [6.07, 6.45) is 3.31. The van der Waals surface area contributed by atoms with Crippen LogP contribution in [0.25, 0.3) is 5.57 Å². The summed E-state index contributed by atoms with van der Waals surface area (Å²) in [4.78, 5) is 13.1. The molecule has 2 aromatic rings. The minimum atomic E-state index is -4.31. The molecule has 0 unspecified atom stereocenters. The van der Waals surface area contributed by atoms with Gasteiger partial charge >= 0.3 is 12.1 Å². The molecule has 0 bridgehead atoms. The Balaban J connectivity index is 1.38. The average molecular weight is 470 g/mol. The quantitative estimate of drug-likeness (QED) is 0.600. The third-order valence-electron chi connectivity index (χ3n) is 6.09. The fourth-order valence-corrected chi connectivity index (χ4v) is 4.23. The SMILES string of the molecule is O=C(O)COc1ccc2c(c1)CCN(Cc1ccc(C3=CC=C(C(F)(F)F)CC=C3)cc1)CC2. The van der Waals surface area contributed by atoms with Gasteiger partial charge in [-0.05, 0) is 59.2 Å². The van der Waals surface area contributed by atoms with E-state index in [1.807, 2.05) is 42.5 Å². The lowest BCUT2D eigenvalue weighted by atomic mass is 10.0. The first-order valence-corrected chi connectivity index (χ1v) is 11.2. The van der Waals surface area contributed by atoms with Crippen LogP contribution in [0, 0.1) is 0 Å². The highest BCUT2D eigenvalue weighted by Gasteiger charge is 2.32. The van der Waals surface area contributed by atoms with Gasteiger partial charge in [-0.25, -0.2) is 4.79 Å². The first kappa shape index (κ1) is 23.8. The number of allylic oxidation sites excluding steroid dienone is 6. The Morgan fingerprint density at radius 1 is 1.00 bits per heavy atom. The van der Waals surface area contributed by atoms with Crippen LogP contribution in [0.1, 0.15) is 28.7 Å². The van der Waals surface area contributed by atoms with Crippen LogP contribution in [-0.2, 0) is 24.2 Å². The monoisotopic (exact) mass is 469 g/mol. The van der Waals surface area contributed by atoms with Crippen LogP contribution in [0.5, 0.6) is 5.75 Å². The number of rotatable bonds is 6. The second-order valence-electron chi connectivity index (χ2n) is 8.50. The summed E-state index contributed by atoms with van der Waals surface area (Å²) in [6.45, 7) is 2.20. The third-order valence-corrected chi connectivity index (χ3v) is 6.09. The number of aliphatic carboxylic acids is 1. The topological polar surface area (TPSA) is 49.8 Å². The van der Waals surface area contributed by atoms with Crippen LogP contribution in [0.3, 0.4) is 0 Å². The number of carboxylic acid groups (broad SMARTS) is 1. The summed E-state index contributed by atoms with van der Waals surface area (Å²) in [5.41, 5.74) is 4.68. The van der Waals surface area contributed by atoms with E-state index >= 15 is 0 Å². The summed E-state index contributed by atoms with van der Waals surface area (Å²) < 4.78 is 44.2. The molecule has 0 saturated carbocycles. The van der Waals surface area contributed by atoms with E-state index in [0.29, 0.717) is 5.75 Å². The van der Waals surface area contributed by atoms with Gasteiger partial charge in [0.25, 0.3) is 0 Å². The molecule has 0 radical (unpaired) electrons. The maximum Gasteiger partial charge on any atom is 0.412 e. The predicted octanol–water partition coefficient (Wildman–Crippen LogP) is 5.58. The van der Waals surface area contributed by atoms with Gasteiger partial charge in [0.2, 0.25) is 0 Å². The van der Waals surface area contributed by atoms with Crippen molar-refractivity contribution < 1.29 is 27.8 Å². The van der Waals surface area contributed by atoms with Crippen molar-refractivity contribution in [2.75, 3.05) is 19.7 Å². The molecular formula is C27H26F3NO3. The van der Waals surface area contributed by atoms with Gasteiger partial charge in [0, 0.05) is 25.2 Å². The molecule has 0 saturated heterocycles. The molecular weight excluding hydrogens is 443 g/mol. The summed E-state index contributed by atoms with van der Waals surface area (Å²) in [7, 11) is 0. The Bertz CT molecular complexity index is 1130. The van der Waals surface area contributed by atoms with Crippen LogP contribution in [0.4, 0.5) is 13.2 Å². The Kier molecular flexibility index (Phi) is 7.22. The molecule has 0 atom stereocenters. The summed E-state index contributed by atoms with van der Waals surface area (Å²) in [6, 6.07) is 13.7. The van der Waals surface area contributed by atoms with Crippen molar-refractivity contribution >= 4 is 11.5 Å². The Hall–Kier alpha value is -3.32. The Morgan fingerprint density at radius 3 is 2.44 bits per heavy atom. The standard InChI is InChI=1S/C27H26F3NO3/c28-27(29,30)24-3-1-2-20(8-10-24)21-6-4-19(5-7-21)17-31-14-12-22-9-11-25(34-18-26(32)33)16-23(22)13-15-31/h1-2,4-11,16H,3,12-15,17-18H2,(H,32,33). The Morgan fingerprint density at radius 2 is 1.74 bits per heavy atom. The van der Waals surface area contributed by atoms with Gasteiger partial charge in [-0.2, -0.15) is 13.2 Å². The molecule has 0 fully saturated rings. The van der Waals surface area contributed by atoms with Crippen LogP contribution in [-0.4, -0.2) is 41.8 Å². The lowest BCUT2D eigenvalue weighted by Crippen LogP contribution is -2.25. The Labute approximate surface area is 196 Å². The van der Waals surface area contributed by atoms with Crippen molar-refractivity contribution in [3.8, 4) is 5.75 Å². The van der Waals surface area contributed by atoms with Gasteiger partial charge in [-0.15, -0.1) is 0 Å². The van der Waals surface area contributed by atoms with E-state index in [0.717, 1.165) is 55.3 Å². The zero-order chi connectivity index (χ0) is 24.1. The fraction of sp³-hybridized carbons (Fsp3) is 0.296. The molecule has 1 aliphatic heterocycles. The highest BCUT2D eigenvalue weighted by atomic mass is 19.4. The number of alkyl halides is 3. The van der Waals surface area contributed by atoms with Crippen molar-refractivity contribution in [1.29, 1.82) is 0 Å². The van der Waals surface area contributed by atoms with Crippen molar-refractivity contribution in [2.45, 2.75) is 32.0 Å². The fourth-order valence-electron chi connectivity index (χ4n) is 4.23. The average Bonchev–Trinajstić information content (AvgIpc) is 3.17. The first-order valence-electron chi connectivity index (χ1n) is 11.2. The predicted molar refractivity (Wildman–Crippen MR) is 125 cm³/mol. The number of carboxylic acids is 1. The molecule has 1 heterocycles. The van der Waals surface area contributed by atoms with Crippen LogP contribution < -0.4 is 4.74 Å². The van der Waals surface area contributed by atoms with Crippen molar-refractivity contribution in [2.24, 2.45) is 0 Å². The van der Waals surface area contributed by atoms with Gasteiger partial charge < -0.3 is 9.84 Å². The van der Waals surface area contributed by atoms with Gasteiger partial charge in [-0.3, -0.25) is 4.90 Å². The minimum absolute atomic E-state index is 0.119. The maximum atomic E-state index is 13.0. The molecule has 0 amide bonds. The smallest absolute Gasteiger partial charge is 0.412 e. The van der Waals surface area contributed by atoms with Crippen molar-refractivity contribution in [3.05, 3.63) is 94.6 Å². The van der Waals surface area contributed by atoms with E-state index < -0.39 is 17.7 Å². The number of carbonyl (C=O) groups is 1.